The molecule has 0 rings (SSSR count). The Kier molecular flexibility index (Phi) is 44.0. The first-order chi connectivity index (χ1) is 33.8. The zero-order valence-electron chi connectivity index (χ0n) is 42.2. The van der Waals surface area contributed by atoms with E-state index in [1.165, 1.54) is 7.11 Å². The summed E-state index contributed by atoms with van der Waals surface area (Å²) in [4.78, 5) is 85.1. The number of nitrogens with one attached hydrogen (secondary N) is 5. The van der Waals surface area contributed by atoms with Crippen molar-refractivity contribution in [3.63, 3.8) is 0 Å². The molecular weight excluding hydrogens is 927 g/mol. The minimum absolute atomic E-state index is 0.00729. The Balaban J connectivity index is 4.11. The van der Waals surface area contributed by atoms with Crippen molar-refractivity contribution in [1.82, 2.24) is 26.6 Å². The number of ether oxygens (including phenoxy) is 12. The van der Waals surface area contributed by atoms with Crippen molar-refractivity contribution < 1.29 is 90.4 Å². The Morgan fingerprint density at radius 1 is 0.471 bits per heavy atom. The molecule has 0 aromatic carbocycles. The molecule has 0 radical (unpaired) electrons. The summed E-state index contributed by atoms with van der Waals surface area (Å²) >= 11 is 0. The number of carbonyl (C=O) groups is 7. The topological polar surface area (TPSA) is 290 Å². The van der Waals surface area contributed by atoms with Crippen molar-refractivity contribution in [2.75, 3.05) is 166 Å². The minimum Gasteiger partial charge on any atom is -0.466 e. The normalized spacial score (nSPS) is 11.8. The molecule has 24 nitrogen and oxygen atoms in total. The van der Waals surface area contributed by atoms with Crippen LogP contribution >= 0.6 is 0 Å². The maximum atomic E-state index is 13.1. The number of rotatable bonds is 48. The molecule has 0 aliphatic heterocycles. The number of amides is 5. The van der Waals surface area contributed by atoms with Gasteiger partial charge in [-0.2, -0.15) is 0 Å². The molecule has 0 spiro atoms. The van der Waals surface area contributed by atoms with E-state index in [0.29, 0.717) is 125 Å². The van der Waals surface area contributed by atoms with Crippen LogP contribution in [0.15, 0.2) is 12.2 Å². The van der Waals surface area contributed by atoms with Crippen LogP contribution in [0.3, 0.4) is 0 Å². The molecule has 5 N–H and O–H groups in total. The third-order valence-corrected chi connectivity index (χ3v) is 8.72. The highest BCUT2D eigenvalue weighted by molar-refractivity contribution is 5.94. The molecule has 0 saturated heterocycles. The summed E-state index contributed by atoms with van der Waals surface area (Å²) in [7, 11) is 2.81. The molecule has 0 saturated carbocycles. The van der Waals surface area contributed by atoms with Crippen LogP contribution in [0, 0.1) is 0 Å². The molecule has 0 bridgehead atoms. The second kappa shape index (κ2) is 47.0. The van der Waals surface area contributed by atoms with Crippen LogP contribution < -0.4 is 26.6 Å². The minimum atomic E-state index is -0.899. The largest absolute Gasteiger partial charge is 0.466 e. The first kappa shape index (κ1) is 65.6. The quantitative estimate of drug-likeness (QED) is 0.0293. The molecule has 0 aliphatic rings. The monoisotopic (exact) mass is 1010 g/mol. The van der Waals surface area contributed by atoms with E-state index in [1.807, 2.05) is 0 Å². The standard InChI is InChI=1S/C46H83N5O19/c1-46(2,3)70-44(57)36-50-39(52)11-8-17-49-45(58)38(51-41(54)12-9-16-47-40(53)13-14-43(56)60-5)10-6-7-15-48-42(55)37-69-35-34-68-33-32-67-31-30-66-29-28-65-27-26-64-25-24-63-23-22-62-21-20-61-19-18-59-4/h13-14,38H,6-12,15-37H2,1-5H3,(H,47,53)(H,48,55)(H,49,58)(H,50,52)(H,51,54)/b14-13+/t38-/m0/s1. The molecule has 0 aromatic heterocycles. The van der Waals surface area contributed by atoms with E-state index in [9.17, 15) is 33.6 Å². The van der Waals surface area contributed by atoms with Gasteiger partial charge in [0.05, 0.1) is 126 Å². The molecule has 0 aliphatic carbocycles. The molecule has 70 heavy (non-hydrogen) atoms. The number of carbonyl (C=O) groups excluding carboxylic acids is 7. The molecule has 0 aromatic rings. The lowest BCUT2D eigenvalue weighted by atomic mass is 10.1. The highest BCUT2D eigenvalue weighted by Gasteiger charge is 2.21. The van der Waals surface area contributed by atoms with Gasteiger partial charge in [0.1, 0.15) is 24.8 Å². The van der Waals surface area contributed by atoms with Gasteiger partial charge in [0, 0.05) is 51.7 Å². The third-order valence-electron chi connectivity index (χ3n) is 8.72. The SMILES string of the molecule is COCCOCCOCCOCCOCCOCCOCCOCCOCCOCC(=O)NCCCC[C@H](NC(=O)CCCNC(=O)/C=C/C(=O)OC)C(=O)NCCCC(=O)NCC(=O)OC(C)(C)C. The van der Waals surface area contributed by atoms with Crippen molar-refractivity contribution in [3.05, 3.63) is 12.2 Å². The zero-order chi connectivity index (χ0) is 51.8. The summed E-state index contributed by atoms with van der Waals surface area (Å²) < 4.78 is 63.4. The van der Waals surface area contributed by atoms with Crippen LogP contribution in [-0.2, 0) is 90.4 Å². The fraction of sp³-hybridized carbons (Fsp3) is 0.804. The Hall–Kier alpha value is -4.37. The molecule has 0 unspecified atom stereocenters. The van der Waals surface area contributed by atoms with Crippen molar-refractivity contribution in [2.24, 2.45) is 0 Å². The van der Waals surface area contributed by atoms with Gasteiger partial charge in [0.25, 0.3) is 0 Å². The van der Waals surface area contributed by atoms with Crippen LogP contribution in [0.1, 0.15) is 65.7 Å². The van der Waals surface area contributed by atoms with E-state index in [4.69, 9.17) is 52.1 Å². The Labute approximate surface area is 413 Å². The third kappa shape index (κ3) is 47.3. The van der Waals surface area contributed by atoms with E-state index in [0.717, 1.165) is 12.2 Å². The van der Waals surface area contributed by atoms with E-state index >= 15 is 0 Å². The van der Waals surface area contributed by atoms with Crippen molar-refractivity contribution in [1.29, 1.82) is 0 Å². The second-order valence-electron chi connectivity index (χ2n) is 15.9. The van der Waals surface area contributed by atoms with Gasteiger partial charge < -0.3 is 83.4 Å². The van der Waals surface area contributed by atoms with E-state index in [1.54, 1.807) is 27.9 Å². The van der Waals surface area contributed by atoms with E-state index in [2.05, 4.69) is 31.3 Å². The van der Waals surface area contributed by atoms with Gasteiger partial charge in [-0.3, -0.25) is 28.8 Å². The van der Waals surface area contributed by atoms with Crippen molar-refractivity contribution >= 4 is 41.5 Å². The zero-order valence-corrected chi connectivity index (χ0v) is 42.2. The predicted molar refractivity (Wildman–Crippen MR) is 253 cm³/mol. The lowest BCUT2D eigenvalue weighted by molar-refractivity contribution is -0.154. The van der Waals surface area contributed by atoms with Gasteiger partial charge in [-0.15, -0.1) is 0 Å². The second-order valence-corrected chi connectivity index (χ2v) is 15.9. The fourth-order valence-electron chi connectivity index (χ4n) is 5.31. The first-order valence-electron chi connectivity index (χ1n) is 23.8. The highest BCUT2D eigenvalue weighted by atomic mass is 16.6. The van der Waals surface area contributed by atoms with Crippen LogP contribution in [0.4, 0.5) is 0 Å². The van der Waals surface area contributed by atoms with Gasteiger partial charge in [-0.1, -0.05) is 0 Å². The summed E-state index contributed by atoms with van der Waals surface area (Å²) in [6.07, 6.45) is 3.84. The maximum Gasteiger partial charge on any atom is 0.330 e. The number of esters is 2. The summed E-state index contributed by atoms with van der Waals surface area (Å²) in [5.74, 6) is -3.35. The average molecular weight is 1010 g/mol. The smallest absolute Gasteiger partial charge is 0.330 e. The van der Waals surface area contributed by atoms with E-state index in [-0.39, 0.29) is 83.4 Å². The number of methoxy groups -OCH3 is 2. The van der Waals surface area contributed by atoms with Crippen molar-refractivity contribution in [2.45, 2.75) is 77.4 Å². The lowest BCUT2D eigenvalue weighted by Gasteiger charge is -2.19. The molecular formula is C46H83N5O19. The summed E-state index contributed by atoms with van der Waals surface area (Å²) in [6, 6.07) is -0.899. The Morgan fingerprint density at radius 2 is 0.914 bits per heavy atom. The van der Waals surface area contributed by atoms with Gasteiger partial charge in [-0.05, 0) is 52.9 Å². The highest BCUT2D eigenvalue weighted by Crippen LogP contribution is 2.06. The molecule has 1 atom stereocenters. The number of hydrogen-bond donors (Lipinski definition) is 5. The summed E-state index contributed by atoms with van der Waals surface area (Å²) in [5, 5.41) is 13.2. The summed E-state index contributed by atoms with van der Waals surface area (Å²) in [6.45, 7) is 13.3. The summed E-state index contributed by atoms with van der Waals surface area (Å²) in [5.41, 5.74) is -0.679. The maximum absolute atomic E-state index is 13.1. The average Bonchev–Trinajstić information content (AvgIpc) is 3.32. The van der Waals surface area contributed by atoms with Crippen molar-refractivity contribution in [3.8, 4) is 0 Å². The van der Waals surface area contributed by atoms with Gasteiger partial charge in [0.2, 0.25) is 29.5 Å². The van der Waals surface area contributed by atoms with Crippen LogP contribution in [0.25, 0.3) is 0 Å². The van der Waals surface area contributed by atoms with Crippen LogP contribution in [-0.4, -0.2) is 219 Å². The lowest BCUT2D eigenvalue weighted by Crippen LogP contribution is -2.47. The number of hydrogen-bond acceptors (Lipinski definition) is 19. The molecule has 0 fully saturated rings. The molecule has 0 heterocycles. The number of unbranched alkanes of at least 4 members (excludes halogenated alkanes) is 1. The van der Waals surface area contributed by atoms with E-state index < -0.39 is 41.3 Å². The van der Waals surface area contributed by atoms with Gasteiger partial charge in [-0.25, -0.2) is 4.79 Å². The molecule has 5 amide bonds. The first-order valence-corrected chi connectivity index (χ1v) is 23.8. The van der Waals surface area contributed by atoms with Crippen LogP contribution in [0.5, 0.6) is 0 Å². The Bertz CT molecular complexity index is 1420. The Morgan fingerprint density at radius 3 is 1.39 bits per heavy atom. The van der Waals surface area contributed by atoms with Gasteiger partial charge >= 0.3 is 11.9 Å². The van der Waals surface area contributed by atoms with Crippen LogP contribution in [0.2, 0.25) is 0 Å². The molecule has 24 heteroatoms. The fourth-order valence-corrected chi connectivity index (χ4v) is 5.31. The predicted octanol–water partition coefficient (Wildman–Crippen LogP) is -0.467. The molecule has 406 valence electrons. The van der Waals surface area contributed by atoms with Gasteiger partial charge in [0.15, 0.2) is 0 Å².